The first kappa shape index (κ1) is 15.6. The molecule has 0 bridgehead atoms. The maximum atomic E-state index is 12.8. The van der Waals surface area contributed by atoms with E-state index in [9.17, 15) is 8.42 Å². The number of hydrogen-bond donors (Lipinski definition) is 1. The molecule has 0 unspecified atom stereocenters. The summed E-state index contributed by atoms with van der Waals surface area (Å²) in [6.07, 6.45) is 0. The Labute approximate surface area is 125 Å². The van der Waals surface area contributed by atoms with Gasteiger partial charge in [-0.2, -0.15) is 4.31 Å². The summed E-state index contributed by atoms with van der Waals surface area (Å²) >= 11 is 0. The monoisotopic (exact) mass is 308 g/mol. The molecule has 0 atom stereocenters. The number of benzene rings is 1. The predicted molar refractivity (Wildman–Crippen MR) is 82.2 cm³/mol. The van der Waals surface area contributed by atoms with Gasteiger partial charge >= 0.3 is 0 Å². The van der Waals surface area contributed by atoms with E-state index < -0.39 is 10.0 Å². The van der Waals surface area contributed by atoms with Crippen LogP contribution in [0.1, 0.15) is 25.4 Å². The van der Waals surface area contributed by atoms with E-state index in [1.807, 2.05) is 26.8 Å². The van der Waals surface area contributed by atoms with Gasteiger partial charge in [0.05, 0.1) is 11.4 Å². The summed E-state index contributed by atoms with van der Waals surface area (Å²) < 4.78 is 32.4. The maximum absolute atomic E-state index is 12.8. The van der Waals surface area contributed by atoms with Crippen LogP contribution < -0.4 is 5.73 Å². The number of nitrogens with two attached hydrogens (primary N) is 1. The summed E-state index contributed by atoms with van der Waals surface area (Å²) in [6.45, 7) is 5.69. The summed E-state index contributed by atoms with van der Waals surface area (Å²) in [5, 5.41) is 0. The van der Waals surface area contributed by atoms with Gasteiger partial charge < -0.3 is 10.2 Å². The van der Waals surface area contributed by atoms with E-state index in [2.05, 4.69) is 0 Å². The fourth-order valence-corrected chi connectivity index (χ4v) is 3.74. The Kier molecular flexibility index (Phi) is 4.39. The molecule has 1 aromatic carbocycles. The quantitative estimate of drug-likeness (QED) is 0.862. The van der Waals surface area contributed by atoms with Crippen molar-refractivity contribution >= 4 is 15.7 Å². The fourth-order valence-electron chi connectivity index (χ4n) is 2.08. The van der Waals surface area contributed by atoms with Crippen LogP contribution in [0.2, 0.25) is 0 Å². The Morgan fingerprint density at radius 3 is 2.48 bits per heavy atom. The highest BCUT2D eigenvalue weighted by Gasteiger charge is 2.28. The van der Waals surface area contributed by atoms with E-state index in [0.717, 1.165) is 5.76 Å². The van der Waals surface area contributed by atoms with Gasteiger partial charge in [-0.3, -0.25) is 0 Å². The van der Waals surface area contributed by atoms with Gasteiger partial charge in [0.15, 0.2) is 0 Å². The minimum atomic E-state index is -3.62. The van der Waals surface area contributed by atoms with E-state index in [-0.39, 0.29) is 17.5 Å². The molecule has 0 aliphatic heterocycles. The molecule has 0 fully saturated rings. The normalized spacial score (nSPS) is 12.2. The smallest absolute Gasteiger partial charge is 0.243 e. The molecule has 1 heterocycles. The Hall–Kier alpha value is -1.79. The van der Waals surface area contributed by atoms with Gasteiger partial charge in [0, 0.05) is 11.7 Å². The van der Waals surface area contributed by atoms with E-state index in [0.29, 0.717) is 11.4 Å². The number of nitrogens with zero attached hydrogens (tertiary/aromatic N) is 1. The first-order chi connectivity index (χ1) is 9.80. The van der Waals surface area contributed by atoms with Gasteiger partial charge in [-0.05, 0) is 51.1 Å². The molecule has 6 heteroatoms. The van der Waals surface area contributed by atoms with Crippen LogP contribution in [0.15, 0.2) is 45.7 Å². The third kappa shape index (κ3) is 3.46. The molecule has 2 N–H and O–H groups in total. The van der Waals surface area contributed by atoms with Gasteiger partial charge in [-0.25, -0.2) is 8.42 Å². The van der Waals surface area contributed by atoms with E-state index in [1.165, 1.54) is 10.4 Å². The average Bonchev–Trinajstić information content (AvgIpc) is 2.81. The topological polar surface area (TPSA) is 76.5 Å². The standard InChI is InChI=1S/C15H20N2O3S/c1-11(2)17(10-14-8-7-12(3)20-14)21(18,19)15-6-4-5-13(16)9-15/h4-9,11H,10,16H2,1-3H3. The Bertz CT molecular complexity index is 720. The van der Waals surface area contributed by atoms with Crippen molar-refractivity contribution in [1.29, 1.82) is 0 Å². The van der Waals surface area contributed by atoms with Gasteiger partial charge in [-0.1, -0.05) is 6.07 Å². The summed E-state index contributed by atoms with van der Waals surface area (Å²) in [6, 6.07) is 9.74. The van der Waals surface area contributed by atoms with Crippen LogP contribution in [0.25, 0.3) is 0 Å². The van der Waals surface area contributed by atoms with Crippen LogP contribution >= 0.6 is 0 Å². The van der Waals surface area contributed by atoms with Gasteiger partial charge in [0.25, 0.3) is 0 Å². The second-order valence-electron chi connectivity index (χ2n) is 5.23. The molecule has 0 aliphatic carbocycles. The third-order valence-corrected chi connectivity index (χ3v) is 5.17. The lowest BCUT2D eigenvalue weighted by atomic mass is 10.3. The Morgan fingerprint density at radius 1 is 1.24 bits per heavy atom. The molecule has 0 aliphatic rings. The summed E-state index contributed by atoms with van der Waals surface area (Å²) in [4.78, 5) is 0.194. The van der Waals surface area contributed by atoms with E-state index >= 15 is 0 Å². The molecular weight excluding hydrogens is 288 g/mol. The van der Waals surface area contributed by atoms with Crippen molar-refractivity contribution < 1.29 is 12.8 Å². The van der Waals surface area contributed by atoms with Crippen LogP contribution in [0.5, 0.6) is 0 Å². The molecule has 0 radical (unpaired) electrons. The summed E-state index contributed by atoms with van der Waals surface area (Å²) in [7, 11) is -3.62. The van der Waals surface area contributed by atoms with Crippen LogP contribution in [0.4, 0.5) is 5.69 Å². The summed E-state index contributed by atoms with van der Waals surface area (Å²) in [5.74, 6) is 1.38. The average molecular weight is 308 g/mol. The molecule has 114 valence electrons. The highest BCUT2D eigenvalue weighted by Crippen LogP contribution is 2.23. The van der Waals surface area contributed by atoms with Crippen LogP contribution in [0, 0.1) is 6.92 Å². The molecule has 2 rings (SSSR count). The largest absolute Gasteiger partial charge is 0.465 e. The molecule has 21 heavy (non-hydrogen) atoms. The second-order valence-corrected chi connectivity index (χ2v) is 7.12. The zero-order valence-corrected chi connectivity index (χ0v) is 13.2. The maximum Gasteiger partial charge on any atom is 0.243 e. The lowest BCUT2D eigenvalue weighted by Gasteiger charge is -2.25. The molecule has 5 nitrogen and oxygen atoms in total. The zero-order chi connectivity index (χ0) is 15.6. The predicted octanol–water partition coefficient (Wildman–Crippen LogP) is 2.77. The Balaban J connectivity index is 2.37. The molecule has 0 saturated carbocycles. The Morgan fingerprint density at radius 2 is 1.95 bits per heavy atom. The minimum Gasteiger partial charge on any atom is -0.465 e. The van der Waals surface area contributed by atoms with Crippen molar-refractivity contribution in [2.45, 2.75) is 38.3 Å². The highest BCUT2D eigenvalue weighted by molar-refractivity contribution is 7.89. The van der Waals surface area contributed by atoms with Crippen molar-refractivity contribution in [2.24, 2.45) is 0 Å². The molecular formula is C15H20N2O3S. The first-order valence-electron chi connectivity index (χ1n) is 6.73. The van der Waals surface area contributed by atoms with Gasteiger partial charge in [0.1, 0.15) is 11.5 Å². The van der Waals surface area contributed by atoms with E-state index in [4.69, 9.17) is 10.2 Å². The highest BCUT2D eigenvalue weighted by atomic mass is 32.2. The number of hydrogen-bond acceptors (Lipinski definition) is 4. The number of aryl methyl sites for hydroxylation is 1. The SMILES string of the molecule is Cc1ccc(CN(C(C)C)S(=O)(=O)c2cccc(N)c2)o1. The zero-order valence-electron chi connectivity index (χ0n) is 12.4. The van der Waals surface area contributed by atoms with Crippen molar-refractivity contribution in [3.8, 4) is 0 Å². The number of nitrogen functional groups attached to an aromatic ring is 1. The molecule has 2 aromatic rings. The molecule has 1 aromatic heterocycles. The van der Waals surface area contributed by atoms with Crippen LogP contribution in [-0.4, -0.2) is 18.8 Å². The first-order valence-corrected chi connectivity index (χ1v) is 8.17. The van der Waals surface area contributed by atoms with Crippen molar-refractivity contribution in [3.63, 3.8) is 0 Å². The summed E-state index contributed by atoms with van der Waals surface area (Å²) in [5.41, 5.74) is 6.11. The van der Waals surface area contributed by atoms with Crippen LogP contribution in [-0.2, 0) is 16.6 Å². The molecule has 0 spiro atoms. The van der Waals surface area contributed by atoms with Crippen molar-refractivity contribution in [3.05, 3.63) is 47.9 Å². The third-order valence-electron chi connectivity index (χ3n) is 3.15. The van der Waals surface area contributed by atoms with E-state index in [1.54, 1.807) is 24.3 Å². The number of rotatable bonds is 5. The molecule has 0 amide bonds. The minimum absolute atomic E-state index is 0.193. The number of sulfonamides is 1. The lowest BCUT2D eigenvalue weighted by Crippen LogP contribution is -2.36. The van der Waals surface area contributed by atoms with Crippen LogP contribution in [0.3, 0.4) is 0 Å². The van der Waals surface area contributed by atoms with Gasteiger partial charge in [0.2, 0.25) is 10.0 Å². The number of furan rings is 1. The lowest BCUT2D eigenvalue weighted by molar-refractivity contribution is 0.314. The van der Waals surface area contributed by atoms with Crippen molar-refractivity contribution in [2.75, 3.05) is 5.73 Å². The van der Waals surface area contributed by atoms with Crippen molar-refractivity contribution in [1.82, 2.24) is 4.31 Å². The molecule has 0 saturated heterocycles. The second kappa shape index (κ2) is 5.91. The number of anilines is 1. The fraction of sp³-hybridized carbons (Fsp3) is 0.333. The van der Waals surface area contributed by atoms with Gasteiger partial charge in [-0.15, -0.1) is 0 Å².